The number of anilines is 2. The first kappa shape index (κ1) is 20.2. The van der Waals surface area contributed by atoms with Crippen LogP contribution in [0.1, 0.15) is 24.8 Å². The van der Waals surface area contributed by atoms with Gasteiger partial charge in [-0.25, -0.2) is 9.97 Å². The summed E-state index contributed by atoms with van der Waals surface area (Å²) in [5, 5.41) is 3.25. The summed E-state index contributed by atoms with van der Waals surface area (Å²) in [4.78, 5) is 11.3. The molecule has 0 spiro atoms. The zero-order chi connectivity index (χ0) is 20.8. The molecule has 0 unspecified atom stereocenters. The Morgan fingerprint density at radius 3 is 2.37 bits per heavy atom. The van der Waals surface area contributed by atoms with E-state index in [2.05, 4.69) is 37.1 Å². The van der Waals surface area contributed by atoms with Crippen LogP contribution in [-0.2, 0) is 6.54 Å². The first-order valence-corrected chi connectivity index (χ1v) is 10.1. The predicted octanol–water partition coefficient (Wildman–Crippen LogP) is 5.47. The van der Waals surface area contributed by atoms with Crippen molar-refractivity contribution in [3.8, 4) is 16.9 Å². The highest BCUT2D eigenvalue weighted by Gasteiger charge is 2.11. The Balaban J connectivity index is 1.39. The van der Waals surface area contributed by atoms with Crippen LogP contribution in [0.15, 0.2) is 60.9 Å². The number of benzene rings is 2. The largest absolute Gasteiger partial charge is 0.435 e. The number of alkyl halides is 2. The highest BCUT2D eigenvalue weighted by Crippen LogP contribution is 2.23. The molecular weight excluding hydrogens is 386 g/mol. The monoisotopic (exact) mass is 410 g/mol. The molecule has 156 valence electrons. The molecule has 0 radical (unpaired) electrons. The quantitative estimate of drug-likeness (QED) is 0.559. The zero-order valence-corrected chi connectivity index (χ0v) is 16.6. The third kappa shape index (κ3) is 5.51. The molecule has 7 heteroatoms. The number of hydrogen-bond donors (Lipinski definition) is 1. The molecule has 1 saturated heterocycles. The molecule has 2 aromatic carbocycles. The lowest BCUT2D eigenvalue weighted by Gasteiger charge is -2.26. The number of likely N-dealkylation sites (tertiary alicyclic amines) is 1. The fraction of sp³-hybridized carbons (Fsp3) is 0.304. The lowest BCUT2D eigenvalue weighted by atomic mass is 10.1. The Hall–Kier alpha value is -3.06. The van der Waals surface area contributed by atoms with Gasteiger partial charge in [-0.3, -0.25) is 4.90 Å². The topological polar surface area (TPSA) is 50.3 Å². The van der Waals surface area contributed by atoms with Gasteiger partial charge in [-0.1, -0.05) is 30.7 Å². The molecule has 30 heavy (non-hydrogen) atoms. The average Bonchev–Trinajstić information content (AvgIpc) is 2.76. The number of nitrogens with zero attached hydrogens (tertiary/aromatic N) is 3. The Bertz CT molecular complexity index is 942. The molecule has 1 aliphatic heterocycles. The van der Waals surface area contributed by atoms with E-state index in [0.717, 1.165) is 36.4 Å². The van der Waals surface area contributed by atoms with Crippen molar-refractivity contribution in [1.82, 2.24) is 14.9 Å². The molecule has 1 aliphatic rings. The van der Waals surface area contributed by atoms with Crippen LogP contribution in [0.4, 0.5) is 20.4 Å². The van der Waals surface area contributed by atoms with Crippen LogP contribution in [0.2, 0.25) is 0 Å². The van der Waals surface area contributed by atoms with Gasteiger partial charge in [0.05, 0.1) is 0 Å². The number of hydrogen-bond acceptors (Lipinski definition) is 5. The van der Waals surface area contributed by atoms with E-state index >= 15 is 0 Å². The third-order valence-corrected chi connectivity index (χ3v) is 5.10. The molecule has 0 bridgehead atoms. The Morgan fingerprint density at radius 1 is 0.933 bits per heavy atom. The van der Waals surface area contributed by atoms with Gasteiger partial charge in [-0.05, 0) is 61.3 Å². The summed E-state index contributed by atoms with van der Waals surface area (Å²) in [7, 11) is 0. The Kier molecular flexibility index (Phi) is 6.49. The minimum absolute atomic E-state index is 0.123. The fourth-order valence-corrected chi connectivity index (χ4v) is 3.62. The van der Waals surface area contributed by atoms with Crippen LogP contribution in [0.3, 0.4) is 0 Å². The van der Waals surface area contributed by atoms with E-state index in [-0.39, 0.29) is 5.75 Å². The van der Waals surface area contributed by atoms with Gasteiger partial charge in [0.25, 0.3) is 0 Å². The zero-order valence-electron chi connectivity index (χ0n) is 16.6. The third-order valence-electron chi connectivity index (χ3n) is 5.10. The van der Waals surface area contributed by atoms with Gasteiger partial charge in [-0.15, -0.1) is 0 Å². The molecule has 0 saturated carbocycles. The Labute approximate surface area is 174 Å². The van der Waals surface area contributed by atoms with Crippen LogP contribution in [0, 0.1) is 0 Å². The number of piperidine rings is 1. The van der Waals surface area contributed by atoms with Crippen molar-refractivity contribution < 1.29 is 13.5 Å². The van der Waals surface area contributed by atoms with Crippen molar-refractivity contribution in [1.29, 1.82) is 0 Å². The normalized spacial score (nSPS) is 14.6. The molecule has 0 aliphatic carbocycles. The van der Waals surface area contributed by atoms with E-state index in [4.69, 9.17) is 0 Å². The highest BCUT2D eigenvalue weighted by atomic mass is 19.3. The average molecular weight is 410 g/mol. The Morgan fingerprint density at radius 2 is 1.67 bits per heavy atom. The summed E-state index contributed by atoms with van der Waals surface area (Å²) >= 11 is 0. The lowest BCUT2D eigenvalue weighted by molar-refractivity contribution is -0.0498. The van der Waals surface area contributed by atoms with Gasteiger partial charge in [0.1, 0.15) is 5.75 Å². The summed E-state index contributed by atoms with van der Waals surface area (Å²) in [6.07, 6.45) is 7.30. The van der Waals surface area contributed by atoms with Crippen LogP contribution in [-0.4, -0.2) is 34.6 Å². The number of nitrogens with one attached hydrogen (secondary N) is 1. The summed E-state index contributed by atoms with van der Waals surface area (Å²) < 4.78 is 28.9. The van der Waals surface area contributed by atoms with Crippen LogP contribution in [0.5, 0.6) is 5.75 Å². The molecule has 5 nitrogen and oxygen atoms in total. The van der Waals surface area contributed by atoms with Crippen molar-refractivity contribution in [2.75, 3.05) is 18.4 Å². The molecule has 1 fully saturated rings. The molecular formula is C23H24F2N4O. The maximum Gasteiger partial charge on any atom is 0.387 e. The summed E-state index contributed by atoms with van der Waals surface area (Å²) in [6, 6.07) is 14.7. The molecule has 3 aromatic rings. The summed E-state index contributed by atoms with van der Waals surface area (Å²) in [6.45, 7) is 0.457. The lowest BCUT2D eigenvalue weighted by Crippen LogP contribution is -2.29. The minimum Gasteiger partial charge on any atom is -0.435 e. The fourth-order valence-electron chi connectivity index (χ4n) is 3.62. The van der Waals surface area contributed by atoms with E-state index < -0.39 is 6.61 Å². The van der Waals surface area contributed by atoms with E-state index in [1.165, 1.54) is 37.0 Å². The molecule has 2 heterocycles. The standard InChI is InChI=1S/C23H24F2N4O/c24-22(25)30-21-9-7-18(8-10-21)19-14-26-23(27-15-19)28-20-6-4-5-17(13-20)16-29-11-2-1-3-12-29/h4-10,13-15,22H,1-3,11-12,16H2,(H,26,27,28). The predicted molar refractivity (Wildman–Crippen MR) is 113 cm³/mol. The highest BCUT2D eigenvalue weighted by molar-refractivity contribution is 5.63. The van der Waals surface area contributed by atoms with Crippen molar-refractivity contribution in [3.05, 3.63) is 66.5 Å². The number of halogens is 2. The van der Waals surface area contributed by atoms with Gasteiger partial charge in [0.15, 0.2) is 0 Å². The molecule has 1 aromatic heterocycles. The second kappa shape index (κ2) is 9.63. The van der Waals surface area contributed by atoms with Crippen LogP contribution >= 0.6 is 0 Å². The minimum atomic E-state index is -2.83. The van der Waals surface area contributed by atoms with Gasteiger partial charge in [0, 0.05) is 30.2 Å². The number of ether oxygens (including phenoxy) is 1. The van der Waals surface area contributed by atoms with Crippen molar-refractivity contribution in [2.45, 2.75) is 32.4 Å². The summed E-state index contributed by atoms with van der Waals surface area (Å²) in [5.74, 6) is 0.629. The van der Waals surface area contributed by atoms with E-state index in [9.17, 15) is 8.78 Å². The molecule has 0 atom stereocenters. The second-order valence-electron chi connectivity index (χ2n) is 7.36. The van der Waals surface area contributed by atoms with Crippen molar-refractivity contribution in [3.63, 3.8) is 0 Å². The van der Waals surface area contributed by atoms with Crippen LogP contribution in [0.25, 0.3) is 11.1 Å². The van der Waals surface area contributed by atoms with Crippen molar-refractivity contribution >= 4 is 11.6 Å². The molecule has 4 rings (SSSR count). The molecule has 0 amide bonds. The van der Waals surface area contributed by atoms with E-state index in [1.54, 1.807) is 24.5 Å². The first-order valence-electron chi connectivity index (χ1n) is 10.1. The smallest absolute Gasteiger partial charge is 0.387 e. The summed E-state index contributed by atoms with van der Waals surface area (Å²) in [5.41, 5.74) is 3.84. The first-order chi connectivity index (χ1) is 14.7. The van der Waals surface area contributed by atoms with Gasteiger partial charge < -0.3 is 10.1 Å². The maximum absolute atomic E-state index is 12.3. The van der Waals surface area contributed by atoms with E-state index in [1.807, 2.05) is 12.1 Å². The van der Waals surface area contributed by atoms with Crippen LogP contribution < -0.4 is 10.1 Å². The van der Waals surface area contributed by atoms with E-state index in [0.29, 0.717) is 5.95 Å². The van der Waals surface area contributed by atoms with Gasteiger partial charge >= 0.3 is 6.61 Å². The number of aromatic nitrogens is 2. The second-order valence-corrected chi connectivity index (χ2v) is 7.36. The maximum atomic E-state index is 12.3. The molecule has 1 N–H and O–H groups in total. The van der Waals surface area contributed by atoms with Crippen molar-refractivity contribution in [2.24, 2.45) is 0 Å². The number of rotatable bonds is 7. The van der Waals surface area contributed by atoms with Gasteiger partial charge in [0.2, 0.25) is 5.95 Å². The SMILES string of the molecule is FC(F)Oc1ccc(-c2cnc(Nc3cccc(CN4CCCCC4)c3)nc2)cc1. The van der Waals surface area contributed by atoms with Gasteiger partial charge in [-0.2, -0.15) is 8.78 Å².